The zero-order valence-corrected chi connectivity index (χ0v) is 22.7. The van der Waals surface area contributed by atoms with Gasteiger partial charge in [-0.3, -0.25) is 4.79 Å². The van der Waals surface area contributed by atoms with Crippen molar-refractivity contribution in [2.45, 2.75) is 20.1 Å². The number of benzene rings is 4. The van der Waals surface area contributed by atoms with Crippen LogP contribution in [0.25, 0.3) is 0 Å². The van der Waals surface area contributed by atoms with Gasteiger partial charge in [-0.1, -0.05) is 36.4 Å². The van der Waals surface area contributed by atoms with Crippen LogP contribution in [0.3, 0.4) is 0 Å². The summed E-state index contributed by atoms with van der Waals surface area (Å²) >= 11 is 0. The molecule has 9 nitrogen and oxygen atoms in total. The SMILES string of the molecule is CCOc1ccc(C(=O)Oc2ccc(/C=N\NC(=O)C(Oc3ccccc3)Oc3ccccc3)cc2OCC)cc1. The molecule has 210 valence electrons. The highest BCUT2D eigenvalue weighted by molar-refractivity contribution is 5.92. The average molecular weight is 555 g/mol. The molecule has 0 saturated carbocycles. The molecule has 0 heterocycles. The van der Waals surface area contributed by atoms with Crippen molar-refractivity contribution in [3.8, 4) is 28.7 Å². The van der Waals surface area contributed by atoms with E-state index in [4.69, 9.17) is 23.7 Å². The smallest absolute Gasteiger partial charge is 0.343 e. The monoisotopic (exact) mass is 554 g/mol. The lowest BCUT2D eigenvalue weighted by molar-refractivity contribution is -0.140. The summed E-state index contributed by atoms with van der Waals surface area (Å²) in [5.41, 5.74) is 3.42. The van der Waals surface area contributed by atoms with E-state index in [0.717, 1.165) is 0 Å². The number of hydrogen-bond acceptors (Lipinski definition) is 8. The van der Waals surface area contributed by atoms with Crippen molar-refractivity contribution in [1.82, 2.24) is 5.43 Å². The first-order valence-electron chi connectivity index (χ1n) is 13.0. The molecule has 0 radical (unpaired) electrons. The number of ether oxygens (including phenoxy) is 5. The van der Waals surface area contributed by atoms with Crippen molar-refractivity contribution in [3.05, 3.63) is 114 Å². The summed E-state index contributed by atoms with van der Waals surface area (Å²) in [4.78, 5) is 25.6. The first-order valence-corrected chi connectivity index (χ1v) is 13.0. The Bertz CT molecular complexity index is 1400. The summed E-state index contributed by atoms with van der Waals surface area (Å²) < 4.78 is 28.2. The van der Waals surface area contributed by atoms with E-state index >= 15 is 0 Å². The Morgan fingerprint density at radius 1 is 0.732 bits per heavy atom. The van der Waals surface area contributed by atoms with Gasteiger partial charge in [0.25, 0.3) is 0 Å². The Hall–Kier alpha value is -5.31. The number of carbonyl (C=O) groups is 2. The maximum Gasteiger partial charge on any atom is 0.343 e. The van der Waals surface area contributed by atoms with E-state index in [1.54, 1.807) is 91.0 Å². The molecule has 4 aromatic carbocycles. The summed E-state index contributed by atoms with van der Waals surface area (Å²) in [6, 6.07) is 29.3. The van der Waals surface area contributed by atoms with Crippen LogP contribution in [0.15, 0.2) is 108 Å². The third kappa shape index (κ3) is 8.59. The Morgan fingerprint density at radius 3 is 1.93 bits per heavy atom. The maximum atomic E-state index is 12.9. The van der Waals surface area contributed by atoms with Crippen molar-refractivity contribution in [1.29, 1.82) is 0 Å². The van der Waals surface area contributed by atoms with Crippen LogP contribution in [0.5, 0.6) is 28.7 Å². The molecular weight excluding hydrogens is 524 g/mol. The number of nitrogens with zero attached hydrogens (tertiary/aromatic N) is 1. The van der Waals surface area contributed by atoms with Gasteiger partial charge in [0, 0.05) is 0 Å². The standard InChI is InChI=1S/C32H30N2O7/c1-3-37-25-18-16-24(17-19-25)31(36)41-28-20-15-23(21-29(28)38-4-2)22-33-34-30(35)32(39-26-11-7-5-8-12-26)40-27-13-9-6-10-14-27/h5-22,32H,3-4H2,1-2H3,(H,34,35)/b33-22-. The highest BCUT2D eigenvalue weighted by Gasteiger charge is 2.22. The van der Waals surface area contributed by atoms with Crippen LogP contribution in [0, 0.1) is 0 Å². The number of hydrazone groups is 1. The molecule has 0 aliphatic rings. The first kappa shape index (κ1) is 28.7. The van der Waals surface area contributed by atoms with E-state index in [1.807, 2.05) is 26.0 Å². The fourth-order valence-electron chi connectivity index (χ4n) is 3.57. The van der Waals surface area contributed by atoms with Gasteiger partial charge in [0.2, 0.25) is 0 Å². The van der Waals surface area contributed by atoms with E-state index in [1.165, 1.54) is 6.21 Å². The molecule has 0 bridgehead atoms. The predicted octanol–water partition coefficient (Wildman–Crippen LogP) is 5.64. The molecule has 4 aromatic rings. The van der Waals surface area contributed by atoms with Crippen LogP contribution in [-0.2, 0) is 4.79 Å². The van der Waals surface area contributed by atoms with E-state index in [2.05, 4.69) is 10.5 Å². The van der Waals surface area contributed by atoms with Crippen molar-refractivity contribution in [3.63, 3.8) is 0 Å². The van der Waals surface area contributed by atoms with Gasteiger partial charge in [-0.25, -0.2) is 10.2 Å². The molecule has 0 saturated heterocycles. The Morgan fingerprint density at radius 2 is 1.34 bits per heavy atom. The zero-order valence-electron chi connectivity index (χ0n) is 22.7. The molecule has 1 N–H and O–H groups in total. The van der Waals surface area contributed by atoms with Crippen molar-refractivity contribution < 1.29 is 33.3 Å². The van der Waals surface area contributed by atoms with E-state index < -0.39 is 18.2 Å². The van der Waals surface area contributed by atoms with E-state index in [-0.39, 0.29) is 5.75 Å². The number of esters is 1. The number of para-hydroxylation sites is 2. The summed E-state index contributed by atoms with van der Waals surface area (Å²) in [6.45, 7) is 4.58. The minimum absolute atomic E-state index is 0.250. The molecule has 1 amide bonds. The molecule has 0 aromatic heterocycles. The number of amides is 1. The topological polar surface area (TPSA) is 105 Å². The lowest BCUT2D eigenvalue weighted by Gasteiger charge is -2.18. The Balaban J connectivity index is 1.42. The molecule has 41 heavy (non-hydrogen) atoms. The molecule has 0 aliphatic heterocycles. The van der Waals surface area contributed by atoms with Crippen LogP contribution >= 0.6 is 0 Å². The van der Waals surface area contributed by atoms with Gasteiger partial charge in [-0.05, 0) is 86.1 Å². The third-order valence-corrected chi connectivity index (χ3v) is 5.45. The fourth-order valence-corrected chi connectivity index (χ4v) is 3.57. The second kappa shape index (κ2) is 14.7. The van der Waals surface area contributed by atoms with Gasteiger partial charge in [-0.15, -0.1) is 0 Å². The van der Waals surface area contributed by atoms with Crippen LogP contribution in [0.1, 0.15) is 29.8 Å². The second-order valence-corrected chi connectivity index (χ2v) is 8.41. The summed E-state index contributed by atoms with van der Waals surface area (Å²) in [7, 11) is 0. The van der Waals surface area contributed by atoms with Gasteiger partial charge >= 0.3 is 18.2 Å². The van der Waals surface area contributed by atoms with Gasteiger partial charge < -0.3 is 23.7 Å². The Labute approximate surface area is 238 Å². The Kier molecular flexibility index (Phi) is 10.3. The lowest BCUT2D eigenvalue weighted by atomic mass is 10.2. The van der Waals surface area contributed by atoms with Crippen molar-refractivity contribution in [2.75, 3.05) is 13.2 Å². The number of nitrogens with one attached hydrogen (secondary N) is 1. The maximum absolute atomic E-state index is 12.9. The van der Waals surface area contributed by atoms with E-state index in [0.29, 0.717) is 47.3 Å². The third-order valence-electron chi connectivity index (χ3n) is 5.45. The number of carbonyl (C=O) groups excluding carboxylic acids is 2. The van der Waals surface area contributed by atoms with Crippen molar-refractivity contribution in [2.24, 2.45) is 5.10 Å². The lowest BCUT2D eigenvalue weighted by Crippen LogP contribution is -2.40. The van der Waals surface area contributed by atoms with Crippen LogP contribution < -0.4 is 29.1 Å². The van der Waals surface area contributed by atoms with Gasteiger partial charge in [-0.2, -0.15) is 5.10 Å². The first-order chi connectivity index (χ1) is 20.1. The molecule has 0 fully saturated rings. The molecule has 0 unspecified atom stereocenters. The van der Waals surface area contributed by atoms with Gasteiger partial charge in [0.05, 0.1) is 25.0 Å². The normalized spacial score (nSPS) is 10.7. The molecule has 0 spiro atoms. The highest BCUT2D eigenvalue weighted by atomic mass is 16.7. The minimum atomic E-state index is -1.29. The average Bonchev–Trinajstić information content (AvgIpc) is 3.00. The van der Waals surface area contributed by atoms with Crippen LogP contribution in [0.4, 0.5) is 0 Å². The molecule has 9 heteroatoms. The molecule has 0 aliphatic carbocycles. The summed E-state index contributed by atoms with van der Waals surface area (Å²) in [6.07, 6.45) is 0.140. The van der Waals surface area contributed by atoms with Crippen LogP contribution in [-0.4, -0.2) is 37.6 Å². The number of rotatable bonds is 13. The predicted molar refractivity (Wildman–Crippen MR) is 154 cm³/mol. The minimum Gasteiger partial charge on any atom is -0.494 e. The number of hydrogen-bond donors (Lipinski definition) is 1. The fraction of sp³-hybridized carbons (Fsp3) is 0.156. The largest absolute Gasteiger partial charge is 0.494 e. The second-order valence-electron chi connectivity index (χ2n) is 8.41. The van der Waals surface area contributed by atoms with E-state index in [9.17, 15) is 9.59 Å². The molecule has 4 rings (SSSR count). The quantitative estimate of drug-likeness (QED) is 0.0750. The van der Waals surface area contributed by atoms with Gasteiger partial charge in [0.15, 0.2) is 11.5 Å². The molecular formula is C32H30N2O7. The summed E-state index contributed by atoms with van der Waals surface area (Å²) in [5.74, 6) is 1.04. The zero-order chi connectivity index (χ0) is 28.9. The highest BCUT2D eigenvalue weighted by Crippen LogP contribution is 2.29. The van der Waals surface area contributed by atoms with Crippen molar-refractivity contribution >= 4 is 18.1 Å². The summed E-state index contributed by atoms with van der Waals surface area (Å²) in [5, 5.41) is 4.05. The molecule has 0 atom stereocenters. The van der Waals surface area contributed by atoms with Gasteiger partial charge in [0.1, 0.15) is 17.2 Å². The van der Waals surface area contributed by atoms with Crippen LogP contribution in [0.2, 0.25) is 0 Å².